The van der Waals surface area contributed by atoms with E-state index in [1.165, 1.54) is 10.4 Å². The van der Waals surface area contributed by atoms with Crippen LogP contribution >= 0.6 is 22.9 Å². The van der Waals surface area contributed by atoms with E-state index in [1.807, 2.05) is 4.90 Å². The first kappa shape index (κ1) is 14.4. The topological polar surface area (TPSA) is 29.5 Å². The Hall–Kier alpha value is -1.52. The molecular weight excluding hydrogens is 306 g/mol. The number of carbonyl (C=O) groups is 1. The van der Waals surface area contributed by atoms with Gasteiger partial charge in [0, 0.05) is 16.4 Å². The number of hydrogen-bond donors (Lipinski definition) is 0. The van der Waals surface area contributed by atoms with Gasteiger partial charge in [-0.15, -0.1) is 11.3 Å². The van der Waals surface area contributed by atoms with Gasteiger partial charge < -0.3 is 9.64 Å². The molecule has 1 amide bonds. The van der Waals surface area contributed by atoms with E-state index in [4.69, 9.17) is 16.3 Å². The second-order valence-corrected chi connectivity index (χ2v) is 6.49. The van der Waals surface area contributed by atoms with Crippen LogP contribution in [0.15, 0.2) is 35.7 Å². The molecule has 0 aliphatic carbocycles. The lowest BCUT2D eigenvalue weighted by molar-refractivity contribution is -0.135. The van der Waals surface area contributed by atoms with E-state index in [0.29, 0.717) is 10.8 Å². The molecule has 1 aliphatic heterocycles. The molecule has 0 fully saturated rings. The fourth-order valence-electron chi connectivity index (χ4n) is 2.61. The summed E-state index contributed by atoms with van der Waals surface area (Å²) in [5.41, 5.74) is 1.27. The molecule has 3 rings (SSSR count). The number of thiophene rings is 1. The molecule has 2 heterocycles. The van der Waals surface area contributed by atoms with Gasteiger partial charge in [-0.3, -0.25) is 4.79 Å². The van der Waals surface area contributed by atoms with Gasteiger partial charge in [-0.25, -0.2) is 0 Å². The molecular formula is C16H16ClNO2S. The summed E-state index contributed by atoms with van der Waals surface area (Å²) < 4.78 is 5.55. The average molecular weight is 322 g/mol. The Morgan fingerprint density at radius 2 is 2.14 bits per heavy atom. The van der Waals surface area contributed by atoms with Gasteiger partial charge in [-0.2, -0.15) is 0 Å². The maximum atomic E-state index is 12.4. The highest BCUT2D eigenvalue weighted by Crippen LogP contribution is 2.32. The second kappa shape index (κ2) is 6.08. The average Bonchev–Trinajstić information content (AvgIpc) is 2.96. The fourth-order valence-corrected chi connectivity index (χ4v) is 3.70. The van der Waals surface area contributed by atoms with Crippen molar-refractivity contribution in [2.75, 3.05) is 13.2 Å². The number of benzene rings is 1. The van der Waals surface area contributed by atoms with Crippen LogP contribution in [-0.4, -0.2) is 24.0 Å². The van der Waals surface area contributed by atoms with Crippen LogP contribution in [0, 0.1) is 0 Å². The van der Waals surface area contributed by atoms with Crippen molar-refractivity contribution >= 4 is 28.8 Å². The van der Waals surface area contributed by atoms with Crippen LogP contribution in [0.2, 0.25) is 5.02 Å². The van der Waals surface area contributed by atoms with E-state index < -0.39 is 0 Å². The minimum Gasteiger partial charge on any atom is -0.484 e. The zero-order valence-corrected chi connectivity index (χ0v) is 13.3. The summed E-state index contributed by atoms with van der Waals surface area (Å²) >= 11 is 7.60. The van der Waals surface area contributed by atoms with E-state index >= 15 is 0 Å². The number of fused-ring (bicyclic) bond motifs is 1. The SMILES string of the molecule is C[C@H]1c2ccsc2CCN1C(=O)COc1ccc(Cl)cc1. The largest absolute Gasteiger partial charge is 0.484 e. The van der Waals surface area contributed by atoms with Crippen molar-refractivity contribution in [2.24, 2.45) is 0 Å². The quantitative estimate of drug-likeness (QED) is 0.857. The lowest BCUT2D eigenvalue weighted by atomic mass is 10.0. The number of nitrogens with zero attached hydrogens (tertiary/aromatic N) is 1. The molecule has 2 aromatic rings. The normalized spacial score (nSPS) is 17.4. The van der Waals surface area contributed by atoms with Gasteiger partial charge in [0.2, 0.25) is 0 Å². The summed E-state index contributed by atoms with van der Waals surface area (Å²) in [5, 5.41) is 2.75. The number of ether oxygens (including phenoxy) is 1. The van der Waals surface area contributed by atoms with E-state index in [-0.39, 0.29) is 18.6 Å². The van der Waals surface area contributed by atoms with E-state index in [1.54, 1.807) is 35.6 Å². The summed E-state index contributed by atoms with van der Waals surface area (Å²) in [7, 11) is 0. The van der Waals surface area contributed by atoms with Crippen molar-refractivity contribution < 1.29 is 9.53 Å². The molecule has 0 N–H and O–H groups in total. The Balaban J connectivity index is 1.62. The predicted molar refractivity (Wildman–Crippen MR) is 85.1 cm³/mol. The van der Waals surface area contributed by atoms with Crippen molar-refractivity contribution in [3.05, 3.63) is 51.2 Å². The molecule has 0 saturated heterocycles. The highest BCUT2D eigenvalue weighted by atomic mass is 35.5. The molecule has 1 aromatic heterocycles. The summed E-state index contributed by atoms with van der Waals surface area (Å²) in [6, 6.07) is 9.29. The van der Waals surface area contributed by atoms with Crippen LogP contribution in [0.3, 0.4) is 0 Å². The predicted octanol–water partition coefficient (Wildman–Crippen LogP) is 3.93. The fraction of sp³-hybridized carbons (Fsp3) is 0.312. The molecule has 0 unspecified atom stereocenters. The standard InChI is InChI=1S/C16H16ClNO2S/c1-11-14-7-9-21-15(14)6-8-18(11)16(19)10-20-13-4-2-12(17)3-5-13/h2-5,7,9,11H,6,8,10H2,1H3/t11-/m0/s1. The number of rotatable bonds is 3. The molecule has 5 heteroatoms. The second-order valence-electron chi connectivity index (χ2n) is 5.05. The van der Waals surface area contributed by atoms with Crippen LogP contribution in [0.25, 0.3) is 0 Å². The molecule has 110 valence electrons. The van der Waals surface area contributed by atoms with Crippen LogP contribution < -0.4 is 4.74 Å². The van der Waals surface area contributed by atoms with E-state index in [2.05, 4.69) is 18.4 Å². The van der Waals surface area contributed by atoms with Crippen molar-refractivity contribution in [2.45, 2.75) is 19.4 Å². The first-order valence-electron chi connectivity index (χ1n) is 6.89. The van der Waals surface area contributed by atoms with Crippen LogP contribution in [0.5, 0.6) is 5.75 Å². The monoisotopic (exact) mass is 321 g/mol. The van der Waals surface area contributed by atoms with Gasteiger partial charge in [0.25, 0.3) is 5.91 Å². The third-order valence-electron chi connectivity index (χ3n) is 3.77. The number of carbonyl (C=O) groups excluding carboxylic acids is 1. The summed E-state index contributed by atoms with van der Waals surface area (Å²) in [5.74, 6) is 0.683. The van der Waals surface area contributed by atoms with Crippen molar-refractivity contribution in [1.29, 1.82) is 0 Å². The smallest absolute Gasteiger partial charge is 0.261 e. The third kappa shape index (κ3) is 3.06. The molecule has 3 nitrogen and oxygen atoms in total. The summed E-state index contributed by atoms with van der Waals surface area (Å²) in [6.07, 6.45) is 0.935. The number of hydrogen-bond acceptors (Lipinski definition) is 3. The highest BCUT2D eigenvalue weighted by molar-refractivity contribution is 7.10. The Bertz CT molecular complexity index is 638. The Kier molecular flexibility index (Phi) is 4.17. The summed E-state index contributed by atoms with van der Waals surface area (Å²) in [6.45, 7) is 2.90. The molecule has 0 spiro atoms. The number of amides is 1. The maximum absolute atomic E-state index is 12.4. The van der Waals surface area contributed by atoms with Gasteiger partial charge in [-0.1, -0.05) is 11.6 Å². The van der Waals surface area contributed by atoms with Crippen LogP contribution in [0.4, 0.5) is 0 Å². The molecule has 0 radical (unpaired) electrons. The van der Waals surface area contributed by atoms with Gasteiger partial charge in [0.05, 0.1) is 6.04 Å². The Labute approximate surface area is 133 Å². The zero-order chi connectivity index (χ0) is 14.8. The zero-order valence-electron chi connectivity index (χ0n) is 11.7. The van der Waals surface area contributed by atoms with E-state index in [9.17, 15) is 4.79 Å². The van der Waals surface area contributed by atoms with Gasteiger partial charge in [0.1, 0.15) is 5.75 Å². The van der Waals surface area contributed by atoms with Crippen molar-refractivity contribution in [1.82, 2.24) is 4.90 Å². The minimum atomic E-state index is 0.0225. The first-order valence-corrected chi connectivity index (χ1v) is 8.15. The molecule has 0 saturated carbocycles. The maximum Gasteiger partial charge on any atom is 0.261 e. The molecule has 21 heavy (non-hydrogen) atoms. The minimum absolute atomic E-state index is 0.0225. The van der Waals surface area contributed by atoms with E-state index in [0.717, 1.165) is 13.0 Å². The summed E-state index contributed by atoms with van der Waals surface area (Å²) in [4.78, 5) is 15.6. The molecule has 1 aromatic carbocycles. The van der Waals surface area contributed by atoms with Crippen LogP contribution in [-0.2, 0) is 11.2 Å². The lowest BCUT2D eigenvalue weighted by Gasteiger charge is -2.33. The van der Waals surface area contributed by atoms with Gasteiger partial charge in [-0.05, 0) is 54.6 Å². The van der Waals surface area contributed by atoms with Gasteiger partial charge >= 0.3 is 0 Å². The Morgan fingerprint density at radius 3 is 2.90 bits per heavy atom. The van der Waals surface area contributed by atoms with Crippen molar-refractivity contribution in [3.8, 4) is 5.75 Å². The highest BCUT2D eigenvalue weighted by Gasteiger charge is 2.28. The number of halogens is 1. The molecule has 1 atom stereocenters. The lowest BCUT2D eigenvalue weighted by Crippen LogP contribution is -2.40. The molecule has 0 bridgehead atoms. The third-order valence-corrected chi connectivity index (χ3v) is 5.02. The first-order chi connectivity index (χ1) is 10.1. The Morgan fingerprint density at radius 1 is 1.38 bits per heavy atom. The van der Waals surface area contributed by atoms with Gasteiger partial charge in [0.15, 0.2) is 6.61 Å². The van der Waals surface area contributed by atoms with Crippen LogP contribution in [0.1, 0.15) is 23.4 Å². The molecule has 1 aliphatic rings. The van der Waals surface area contributed by atoms with Crippen molar-refractivity contribution in [3.63, 3.8) is 0 Å².